The highest BCUT2D eigenvalue weighted by atomic mass is 16.6. The SMILES string of the molecule is C=C[C@]1(C)C[C@H](OC(=O)C(C)CO)[C@@H]([C@H]2CN3CCCC3C(=O)OC2=O)[C@H](O)C1C(=C)CO. The van der Waals surface area contributed by atoms with Gasteiger partial charge in [-0.3, -0.25) is 14.5 Å². The van der Waals surface area contributed by atoms with E-state index in [1.54, 1.807) is 6.08 Å². The smallest absolute Gasteiger partial charge is 0.331 e. The Morgan fingerprint density at radius 3 is 2.67 bits per heavy atom. The van der Waals surface area contributed by atoms with Crippen LogP contribution in [0, 0.1) is 29.1 Å². The van der Waals surface area contributed by atoms with Gasteiger partial charge in [-0.1, -0.05) is 19.6 Å². The predicted molar refractivity (Wildman–Crippen MR) is 117 cm³/mol. The molecule has 1 aliphatic carbocycles. The fraction of sp³-hybridized carbons (Fsp3) is 0.708. The summed E-state index contributed by atoms with van der Waals surface area (Å²) in [5, 5.41) is 30.8. The Labute approximate surface area is 194 Å². The molecule has 0 aromatic rings. The zero-order valence-corrected chi connectivity index (χ0v) is 19.3. The largest absolute Gasteiger partial charge is 0.462 e. The maximum Gasteiger partial charge on any atom is 0.331 e. The molecule has 1 saturated carbocycles. The number of esters is 3. The van der Waals surface area contributed by atoms with Gasteiger partial charge in [-0.25, -0.2) is 4.79 Å². The molecule has 0 radical (unpaired) electrons. The third kappa shape index (κ3) is 4.77. The van der Waals surface area contributed by atoms with Crippen LogP contribution in [0.1, 0.15) is 33.1 Å². The van der Waals surface area contributed by atoms with Crippen molar-refractivity contribution in [2.24, 2.45) is 29.1 Å². The maximum atomic E-state index is 13.0. The van der Waals surface area contributed by atoms with Gasteiger partial charge in [0.2, 0.25) is 0 Å². The van der Waals surface area contributed by atoms with Gasteiger partial charge in [0.15, 0.2) is 0 Å². The van der Waals surface area contributed by atoms with Crippen molar-refractivity contribution in [1.82, 2.24) is 4.90 Å². The van der Waals surface area contributed by atoms with Crippen LogP contribution in [-0.2, 0) is 23.9 Å². The summed E-state index contributed by atoms with van der Waals surface area (Å²) in [5.74, 6) is -5.28. The Bertz CT molecular complexity index is 812. The van der Waals surface area contributed by atoms with Crippen molar-refractivity contribution in [2.45, 2.75) is 51.4 Å². The molecule has 2 saturated heterocycles. The van der Waals surface area contributed by atoms with Gasteiger partial charge in [0.25, 0.3) is 0 Å². The van der Waals surface area contributed by atoms with E-state index in [0.29, 0.717) is 18.5 Å². The number of hydrogen-bond donors (Lipinski definition) is 3. The maximum absolute atomic E-state index is 13.0. The van der Waals surface area contributed by atoms with Gasteiger partial charge in [0.05, 0.1) is 31.2 Å². The van der Waals surface area contributed by atoms with Gasteiger partial charge in [-0.2, -0.15) is 0 Å². The highest BCUT2D eigenvalue weighted by molar-refractivity contribution is 5.91. The van der Waals surface area contributed by atoms with Crippen LogP contribution in [0.5, 0.6) is 0 Å². The summed E-state index contributed by atoms with van der Waals surface area (Å²) in [6.45, 7) is 11.2. The molecule has 2 heterocycles. The second-order valence-corrected chi connectivity index (χ2v) is 9.83. The van der Waals surface area contributed by atoms with E-state index >= 15 is 0 Å². The van der Waals surface area contributed by atoms with Gasteiger partial charge < -0.3 is 24.8 Å². The van der Waals surface area contributed by atoms with Gasteiger partial charge in [-0.15, -0.1) is 6.58 Å². The molecule has 9 heteroatoms. The van der Waals surface area contributed by atoms with Crippen molar-refractivity contribution in [3.8, 4) is 0 Å². The minimum atomic E-state index is -1.23. The lowest BCUT2D eigenvalue weighted by Crippen LogP contribution is -2.57. The van der Waals surface area contributed by atoms with Crippen LogP contribution in [0.4, 0.5) is 0 Å². The number of nitrogens with zero attached hydrogens (tertiary/aromatic N) is 1. The first kappa shape index (κ1) is 25.6. The summed E-state index contributed by atoms with van der Waals surface area (Å²) < 4.78 is 10.9. The van der Waals surface area contributed by atoms with Crippen LogP contribution in [0.25, 0.3) is 0 Å². The Morgan fingerprint density at radius 2 is 2.06 bits per heavy atom. The second kappa shape index (κ2) is 10.0. The summed E-state index contributed by atoms with van der Waals surface area (Å²) in [6.07, 6.45) is 1.11. The van der Waals surface area contributed by atoms with E-state index in [1.807, 2.05) is 11.8 Å². The third-order valence-corrected chi connectivity index (χ3v) is 7.61. The van der Waals surface area contributed by atoms with Crippen LogP contribution in [0.2, 0.25) is 0 Å². The van der Waals surface area contributed by atoms with Crippen molar-refractivity contribution >= 4 is 17.9 Å². The fourth-order valence-electron chi connectivity index (χ4n) is 5.66. The Kier molecular flexibility index (Phi) is 7.78. The second-order valence-electron chi connectivity index (χ2n) is 9.83. The van der Waals surface area contributed by atoms with E-state index in [2.05, 4.69) is 13.2 Å². The number of carbonyl (C=O) groups excluding carboxylic acids is 3. The third-order valence-electron chi connectivity index (χ3n) is 7.61. The monoisotopic (exact) mass is 465 g/mol. The average molecular weight is 466 g/mol. The molecule has 3 aliphatic rings. The highest BCUT2D eigenvalue weighted by Gasteiger charge is 2.57. The van der Waals surface area contributed by atoms with Gasteiger partial charge in [-0.05, 0) is 43.7 Å². The van der Waals surface area contributed by atoms with E-state index in [1.165, 1.54) is 6.92 Å². The van der Waals surface area contributed by atoms with Crippen molar-refractivity contribution in [3.63, 3.8) is 0 Å². The van der Waals surface area contributed by atoms with E-state index in [-0.39, 0.29) is 19.6 Å². The zero-order valence-electron chi connectivity index (χ0n) is 19.3. The van der Waals surface area contributed by atoms with Gasteiger partial charge >= 0.3 is 17.9 Å². The molecular formula is C24H35NO8. The number of cyclic esters (lactones) is 2. The molecular weight excluding hydrogens is 430 g/mol. The minimum absolute atomic E-state index is 0.184. The molecule has 3 N–H and O–H groups in total. The normalized spacial score (nSPS) is 38.1. The summed E-state index contributed by atoms with van der Waals surface area (Å²) >= 11 is 0. The Morgan fingerprint density at radius 1 is 1.36 bits per heavy atom. The molecule has 0 amide bonds. The van der Waals surface area contributed by atoms with E-state index in [0.717, 1.165) is 6.42 Å². The molecule has 0 spiro atoms. The van der Waals surface area contributed by atoms with Crippen molar-refractivity contribution in [1.29, 1.82) is 0 Å². The predicted octanol–water partition coefficient (Wildman–Crippen LogP) is 0.428. The first-order valence-corrected chi connectivity index (χ1v) is 11.5. The number of ether oxygens (including phenoxy) is 2. The standard InChI is InChI=1S/C24H35NO8/c1-5-24(4)9-17(32-21(29)14(3)12-27)18(20(28)19(24)13(2)11-26)15-10-25-8-6-7-16(25)23(31)33-22(15)30/h5,14-20,26-28H,1-2,6-12H2,3-4H3/t14?,15-,16?,17+,18-,19?,20+,24-/m1/s1. The van der Waals surface area contributed by atoms with Crippen LogP contribution in [0.3, 0.4) is 0 Å². The molecule has 9 nitrogen and oxygen atoms in total. The number of rotatable bonds is 7. The molecule has 2 aliphatic heterocycles. The molecule has 3 rings (SSSR count). The first-order valence-electron chi connectivity index (χ1n) is 11.5. The van der Waals surface area contributed by atoms with Crippen LogP contribution in [-0.4, -0.2) is 82.7 Å². The Balaban J connectivity index is 2.03. The highest BCUT2D eigenvalue weighted by Crippen LogP contribution is 2.51. The molecule has 3 unspecified atom stereocenters. The first-order chi connectivity index (χ1) is 15.6. The molecule has 0 aromatic carbocycles. The Hall–Kier alpha value is -2.07. The van der Waals surface area contributed by atoms with Crippen LogP contribution >= 0.6 is 0 Å². The lowest BCUT2D eigenvalue weighted by atomic mass is 9.57. The van der Waals surface area contributed by atoms with Gasteiger partial charge in [0.1, 0.15) is 12.1 Å². The number of carbonyl (C=O) groups is 3. The summed E-state index contributed by atoms with van der Waals surface area (Å²) in [4.78, 5) is 40.0. The molecule has 33 heavy (non-hydrogen) atoms. The lowest BCUT2D eigenvalue weighted by Gasteiger charge is -2.51. The van der Waals surface area contributed by atoms with E-state index in [9.17, 15) is 29.7 Å². The zero-order chi connectivity index (χ0) is 24.5. The van der Waals surface area contributed by atoms with Crippen molar-refractivity contribution in [2.75, 3.05) is 26.3 Å². The van der Waals surface area contributed by atoms with Gasteiger partial charge in [0, 0.05) is 18.4 Å². The fourth-order valence-corrected chi connectivity index (χ4v) is 5.66. The molecule has 0 bridgehead atoms. The molecule has 0 aromatic heterocycles. The van der Waals surface area contributed by atoms with E-state index in [4.69, 9.17) is 9.47 Å². The number of aliphatic hydroxyl groups excluding tert-OH is 3. The number of aliphatic hydroxyl groups is 3. The van der Waals surface area contributed by atoms with Crippen LogP contribution in [0.15, 0.2) is 24.8 Å². The molecule has 184 valence electrons. The summed E-state index contributed by atoms with van der Waals surface area (Å²) in [7, 11) is 0. The quantitative estimate of drug-likeness (QED) is 0.278. The summed E-state index contributed by atoms with van der Waals surface area (Å²) in [5.41, 5.74) is -0.412. The number of fused-ring (bicyclic) bond motifs is 1. The minimum Gasteiger partial charge on any atom is -0.462 e. The topological polar surface area (TPSA) is 134 Å². The number of hydrogen-bond acceptors (Lipinski definition) is 9. The molecule has 3 fully saturated rings. The summed E-state index contributed by atoms with van der Waals surface area (Å²) in [6, 6.07) is -0.503. The average Bonchev–Trinajstić information content (AvgIpc) is 3.21. The number of allylic oxidation sites excluding steroid dienone is 1. The van der Waals surface area contributed by atoms with E-state index < -0.39 is 71.9 Å². The lowest BCUT2D eigenvalue weighted by molar-refractivity contribution is -0.184. The van der Waals surface area contributed by atoms with Crippen molar-refractivity contribution in [3.05, 3.63) is 24.8 Å². The van der Waals surface area contributed by atoms with Crippen LogP contribution < -0.4 is 0 Å². The molecule has 8 atom stereocenters. The van der Waals surface area contributed by atoms with Crippen molar-refractivity contribution < 1.29 is 39.2 Å².